The van der Waals surface area contributed by atoms with Gasteiger partial charge in [-0.25, -0.2) is 9.97 Å². The molecule has 0 aliphatic heterocycles. The molecule has 6 heteroatoms. The predicted octanol–water partition coefficient (Wildman–Crippen LogP) is 2.63. The largest absolute Gasteiger partial charge is 0.393 e. The Hall–Kier alpha value is -0.880. The van der Waals surface area contributed by atoms with E-state index in [-0.39, 0.29) is 6.10 Å². The van der Waals surface area contributed by atoms with Crippen molar-refractivity contribution in [3.8, 4) is 0 Å². The number of aliphatic hydroxyl groups excluding tert-OH is 1. The number of hydrogen-bond donors (Lipinski definition) is 3. The second kappa shape index (κ2) is 7.05. The van der Waals surface area contributed by atoms with Gasteiger partial charge in [0.05, 0.1) is 6.10 Å². The molecule has 0 bridgehead atoms. The molecular formula is C13H21BrN4O. The van der Waals surface area contributed by atoms with Crippen molar-refractivity contribution in [2.75, 3.05) is 23.7 Å². The SMILES string of the molecule is CCCNc1ncnc(NCC2CCCC2O)c1Br. The van der Waals surface area contributed by atoms with Gasteiger partial charge >= 0.3 is 0 Å². The fourth-order valence-corrected chi connectivity index (χ4v) is 2.83. The average molecular weight is 329 g/mol. The summed E-state index contributed by atoms with van der Waals surface area (Å²) in [4.78, 5) is 8.45. The standard InChI is InChI=1S/C13H21BrN4O/c1-2-6-15-12-11(14)13(18-8-17-12)16-7-9-4-3-5-10(9)19/h8-10,19H,2-7H2,1H3,(H2,15,16,17,18). The minimum Gasteiger partial charge on any atom is -0.393 e. The van der Waals surface area contributed by atoms with Crippen molar-refractivity contribution >= 4 is 27.6 Å². The highest BCUT2D eigenvalue weighted by Crippen LogP contribution is 2.29. The van der Waals surface area contributed by atoms with Crippen LogP contribution in [-0.4, -0.2) is 34.3 Å². The number of nitrogens with one attached hydrogen (secondary N) is 2. The summed E-state index contributed by atoms with van der Waals surface area (Å²) in [5.74, 6) is 1.92. The molecule has 1 heterocycles. The number of anilines is 2. The summed E-state index contributed by atoms with van der Waals surface area (Å²) in [6, 6.07) is 0. The molecule has 106 valence electrons. The highest BCUT2D eigenvalue weighted by molar-refractivity contribution is 9.10. The molecule has 0 saturated heterocycles. The van der Waals surface area contributed by atoms with Crippen LogP contribution in [0.15, 0.2) is 10.8 Å². The van der Waals surface area contributed by atoms with E-state index in [9.17, 15) is 5.11 Å². The monoisotopic (exact) mass is 328 g/mol. The maximum atomic E-state index is 9.81. The maximum Gasteiger partial charge on any atom is 0.145 e. The molecular weight excluding hydrogens is 308 g/mol. The van der Waals surface area contributed by atoms with Crippen molar-refractivity contribution in [3.05, 3.63) is 10.8 Å². The van der Waals surface area contributed by atoms with Gasteiger partial charge in [0.2, 0.25) is 0 Å². The van der Waals surface area contributed by atoms with E-state index >= 15 is 0 Å². The summed E-state index contributed by atoms with van der Waals surface area (Å²) < 4.78 is 0.857. The summed E-state index contributed by atoms with van der Waals surface area (Å²) in [7, 11) is 0. The highest BCUT2D eigenvalue weighted by Gasteiger charge is 2.25. The first kappa shape index (κ1) is 14.5. The van der Waals surface area contributed by atoms with Crippen LogP contribution >= 0.6 is 15.9 Å². The lowest BCUT2D eigenvalue weighted by Gasteiger charge is -2.17. The molecule has 19 heavy (non-hydrogen) atoms. The summed E-state index contributed by atoms with van der Waals surface area (Å²) in [6.07, 6.45) is 5.54. The van der Waals surface area contributed by atoms with Gasteiger partial charge in [0.1, 0.15) is 22.4 Å². The van der Waals surface area contributed by atoms with Crippen LogP contribution in [0, 0.1) is 5.92 Å². The molecule has 1 aromatic heterocycles. The Kier molecular flexibility index (Phi) is 5.39. The molecule has 1 aromatic rings. The lowest BCUT2D eigenvalue weighted by Crippen LogP contribution is -2.22. The number of hydrogen-bond acceptors (Lipinski definition) is 5. The number of aromatic nitrogens is 2. The van der Waals surface area contributed by atoms with E-state index in [1.807, 2.05) is 0 Å². The lowest BCUT2D eigenvalue weighted by atomic mass is 10.1. The van der Waals surface area contributed by atoms with Gasteiger partial charge in [0.15, 0.2) is 0 Å². The Morgan fingerprint density at radius 2 is 2.05 bits per heavy atom. The molecule has 0 radical (unpaired) electrons. The molecule has 5 nitrogen and oxygen atoms in total. The first-order valence-corrected chi connectivity index (χ1v) is 7.68. The van der Waals surface area contributed by atoms with E-state index in [1.54, 1.807) is 6.33 Å². The number of nitrogens with zero attached hydrogens (tertiary/aromatic N) is 2. The first-order chi connectivity index (χ1) is 9.22. The maximum absolute atomic E-state index is 9.81. The van der Waals surface area contributed by atoms with Crippen molar-refractivity contribution in [1.82, 2.24) is 9.97 Å². The minimum absolute atomic E-state index is 0.175. The van der Waals surface area contributed by atoms with Gasteiger partial charge in [-0.05, 0) is 35.2 Å². The molecule has 2 unspecified atom stereocenters. The van der Waals surface area contributed by atoms with E-state index in [0.717, 1.165) is 54.9 Å². The van der Waals surface area contributed by atoms with Gasteiger partial charge in [0.25, 0.3) is 0 Å². The van der Waals surface area contributed by atoms with Crippen molar-refractivity contribution in [2.24, 2.45) is 5.92 Å². The second-order valence-corrected chi connectivity index (χ2v) is 5.74. The van der Waals surface area contributed by atoms with Crippen molar-refractivity contribution in [2.45, 2.75) is 38.7 Å². The highest BCUT2D eigenvalue weighted by atomic mass is 79.9. The molecule has 2 atom stereocenters. The Labute approximate surface area is 122 Å². The summed E-state index contributed by atoms with van der Waals surface area (Å²) in [5.41, 5.74) is 0. The minimum atomic E-state index is -0.175. The molecule has 0 spiro atoms. The van der Waals surface area contributed by atoms with Gasteiger partial charge in [0, 0.05) is 19.0 Å². The van der Waals surface area contributed by atoms with Gasteiger partial charge < -0.3 is 15.7 Å². The zero-order chi connectivity index (χ0) is 13.7. The Morgan fingerprint density at radius 3 is 2.68 bits per heavy atom. The normalized spacial score (nSPS) is 22.5. The molecule has 0 amide bonds. The zero-order valence-corrected chi connectivity index (χ0v) is 12.8. The molecule has 1 aliphatic rings. The Morgan fingerprint density at radius 1 is 1.32 bits per heavy atom. The van der Waals surface area contributed by atoms with Gasteiger partial charge in [-0.15, -0.1) is 0 Å². The van der Waals surface area contributed by atoms with Gasteiger partial charge in [-0.1, -0.05) is 13.3 Å². The van der Waals surface area contributed by atoms with Crippen LogP contribution in [0.2, 0.25) is 0 Å². The van der Waals surface area contributed by atoms with Gasteiger partial charge in [-0.3, -0.25) is 0 Å². The van der Waals surface area contributed by atoms with Crippen molar-refractivity contribution in [1.29, 1.82) is 0 Å². The van der Waals surface area contributed by atoms with Crippen LogP contribution < -0.4 is 10.6 Å². The van der Waals surface area contributed by atoms with E-state index in [4.69, 9.17) is 0 Å². The molecule has 1 saturated carbocycles. The third-order valence-corrected chi connectivity index (χ3v) is 4.23. The molecule has 1 aliphatic carbocycles. The fourth-order valence-electron chi connectivity index (χ4n) is 2.34. The number of rotatable bonds is 6. The quantitative estimate of drug-likeness (QED) is 0.748. The molecule has 3 N–H and O–H groups in total. The van der Waals surface area contributed by atoms with E-state index in [0.29, 0.717) is 5.92 Å². The van der Waals surface area contributed by atoms with Crippen molar-refractivity contribution < 1.29 is 5.11 Å². The smallest absolute Gasteiger partial charge is 0.145 e. The Balaban J connectivity index is 1.96. The predicted molar refractivity (Wildman–Crippen MR) is 80.4 cm³/mol. The number of halogens is 1. The zero-order valence-electron chi connectivity index (χ0n) is 11.2. The van der Waals surface area contributed by atoms with E-state index in [1.165, 1.54) is 0 Å². The van der Waals surface area contributed by atoms with Crippen LogP contribution in [0.5, 0.6) is 0 Å². The average Bonchev–Trinajstić information content (AvgIpc) is 2.82. The molecule has 1 fully saturated rings. The van der Waals surface area contributed by atoms with Crippen molar-refractivity contribution in [3.63, 3.8) is 0 Å². The van der Waals surface area contributed by atoms with E-state index < -0.39 is 0 Å². The third-order valence-electron chi connectivity index (χ3n) is 3.48. The summed E-state index contributed by atoms with van der Waals surface area (Å²) in [6.45, 7) is 3.75. The first-order valence-electron chi connectivity index (χ1n) is 6.88. The molecule has 2 rings (SSSR count). The van der Waals surface area contributed by atoms with Crippen LogP contribution in [0.4, 0.5) is 11.6 Å². The van der Waals surface area contributed by atoms with E-state index in [2.05, 4.69) is 43.5 Å². The van der Waals surface area contributed by atoms with Gasteiger partial charge in [-0.2, -0.15) is 0 Å². The Bertz CT molecular complexity index is 416. The summed E-state index contributed by atoms with van der Waals surface area (Å²) >= 11 is 3.52. The second-order valence-electron chi connectivity index (χ2n) is 4.95. The third kappa shape index (κ3) is 3.79. The van der Waals surface area contributed by atoms with Crippen LogP contribution in [-0.2, 0) is 0 Å². The fraction of sp³-hybridized carbons (Fsp3) is 0.692. The van der Waals surface area contributed by atoms with Crippen LogP contribution in [0.1, 0.15) is 32.6 Å². The topological polar surface area (TPSA) is 70.1 Å². The van der Waals surface area contributed by atoms with Crippen LogP contribution in [0.3, 0.4) is 0 Å². The van der Waals surface area contributed by atoms with Crippen LogP contribution in [0.25, 0.3) is 0 Å². The summed E-state index contributed by atoms with van der Waals surface area (Å²) in [5, 5.41) is 16.4. The number of aliphatic hydroxyl groups is 1. The molecule has 0 aromatic carbocycles. The lowest BCUT2D eigenvalue weighted by molar-refractivity contribution is 0.138.